The maximum Gasteiger partial charge on any atom is 0.344 e. The van der Waals surface area contributed by atoms with Crippen LogP contribution in [0.1, 0.15) is 24.0 Å². The quantitative estimate of drug-likeness (QED) is 0.739. The molecule has 3 aromatic rings. The molecule has 3 heterocycles. The lowest BCUT2D eigenvalue weighted by atomic mass is 10.1. The van der Waals surface area contributed by atoms with Crippen LogP contribution in [0.15, 0.2) is 41.6 Å². The molecular weight excluding hydrogens is 340 g/mol. The van der Waals surface area contributed by atoms with Gasteiger partial charge in [-0.1, -0.05) is 18.2 Å². The zero-order chi connectivity index (χ0) is 18.6. The van der Waals surface area contributed by atoms with Crippen molar-refractivity contribution in [2.45, 2.75) is 18.9 Å². The van der Waals surface area contributed by atoms with Crippen LogP contribution in [0.25, 0.3) is 23.1 Å². The highest BCUT2D eigenvalue weighted by atomic mass is 16.1. The molecule has 27 heavy (non-hydrogen) atoms. The Morgan fingerprint density at radius 1 is 1.11 bits per heavy atom. The minimum Gasteiger partial charge on any atom is -0.341 e. The fraction of sp³-hybridized carbons (Fsp3) is 0.300. The van der Waals surface area contributed by atoms with Crippen molar-refractivity contribution >= 4 is 29.0 Å². The third-order valence-corrected chi connectivity index (χ3v) is 4.92. The molecule has 0 aliphatic carbocycles. The zero-order valence-electron chi connectivity index (χ0n) is 15.2. The molecule has 0 amide bonds. The average molecular weight is 362 g/mol. The Morgan fingerprint density at radius 2 is 1.93 bits per heavy atom. The first-order valence-electron chi connectivity index (χ1n) is 9.12. The van der Waals surface area contributed by atoms with E-state index in [-0.39, 0.29) is 5.69 Å². The summed E-state index contributed by atoms with van der Waals surface area (Å²) in [6.45, 7) is 2.09. The molecule has 0 unspecified atom stereocenters. The Labute approximate surface area is 157 Å². The van der Waals surface area contributed by atoms with Crippen molar-refractivity contribution in [3.8, 4) is 0 Å². The Kier molecular flexibility index (Phi) is 4.93. The van der Waals surface area contributed by atoms with E-state index >= 15 is 0 Å². The van der Waals surface area contributed by atoms with Gasteiger partial charge in [-0.3, -0.25) is 0 Å². The highest BCUT2D eigenvalue weighted by molar-refractivity contribution is 5.83. The summed E-state index contributed by atoms with van der Waals surface area (Å²) < 4.78 is 0. The third-order valence-electron chi connectivity index (χ3n) is 4.92. The number of fused-ring (bicyclic) bond motifs is 1. The Morgan fingerprint density at radius 3 is 2.70 bits per heavy atom. The summed E-state index contributed by atoms with van der Waals surface area (Å²) in [4.78, 5) is 28.8. The van der Waals surface area contributed by atoms with E-state index in [1.165, 1.54) is 0 Å². The topological polar surface area (TPSA) is 86.8 Å². The van der Waals surface area contributed by atoms with Crippen LogP contribution >= 0.6 is 0 Å². The van der Waals surface area contributed by atoms with Gasteiger partial charge in [-0.2, -0.15) is 0 Å². The van der Waals surface area contributed by atoms with E-state index in [1.54, 1.807) is 12.4 Å². The number of nitrogens with one attached hydrogen (secondary N) is 2. The number of piperidine rings is 1. The summed E-state index contributed by atoms with van der Waals surface area (Å²) in [7, 11) is 2.08. The molecule has 138 valence electrons. The number of hydrogen-bond acceptors (Lipinski definition) is 6. The first-order chi connectivity index (χ1) is 13.2. The first kappa shape index (κ1) is 17.4. The lowest BCUT2D eigenvalue weighted by Gasteiger charge is -2.31. The SMILES string of the molecule is CN(c1ncc2cc(/C=C/c3cnc(=O)[nH]c3)ccc2n1)C1CCNCC1. The molecule has 7 nitrogen and oxygen atoms in total. The van der Waals surface area contributed by atoms with Gasteiger partial charge in [-0.15, -0.1) is 0 Å². The van der Waals surface area contributed by atoms with Crippen LogP contribution in [-0.4, -0.2) is 46.1 Å². The highest BCUT2D eigenvalue weighted by Gasteiger charge is 2.19. The highest BCUT2D eigenvalue weighted by Crippen LogP contribution is 2.20. The van der Waals surface area contributed by atoms with E-state index in [9.17, 15) is 4.79 Å². The van der Waals surface area contributed by atoms with Crippen molar-refractivity contribution in [3.63, 3.8) is 0 Å². The van der Waals surface area contributed by atoms with E-state index in [0.29, 0.717) is 6.04 Å². The summed E-state index contributed by atoms with van der Waals surface area (Å²) in [6.07, 6.45) is 11.2. The number of H-pyrrole nitrogens is 1. The van der Waals surface area contributed by atoms with Crippen LogP contribution < -0.4 is 15.9 Å². The van der Waals surface area contributed by atoms with Crippen molar-refractivity contribution in [2.75, 3.05) is 25.0 Å². The molecule has 7 heteroatoms. The second kappa shape index (κ2) is 7.67. The predicted octanol–water partition coefficient (Wildman–Crippen LogP) is 2.07. The smallest absolute Gasteiger partial charge is 0.341 e. The molecule has 1 aliphatic heterocycles. The van der Waals surface area contributed by atoms with E-state index < -0.39 is 0 Å². The van der Waals surface area contributed by atoms with Crippen LogP contribution in [0.3, 0.4) is 0 Å². The van der Waals surface area contributed by atoms with Crippen molar-refractivity contribution in [1.29, 1.82) is 0 Å². The van der Waals surface area contributed by atoms with Gasteiger partial charge in [0, 0.05) is 42.6 Å². The molecule has 0 bridgehead atoms. The lowest BCUT2D eigenvalue weighted by Crippen LogP contribution is -2.41. The Bertz CT molecular complexity index is 1000. The second-order valence-electron chi connectivity index (χ2n) is 6.77. The summed E-state index contributed by atoms with van der Waals surface area (Å²) >= 11 is 0. The summed E-state index contributed by atoms with van der Waals surface area (Å²) in [5, 5.41) is 4.39. The van der Waals surface area contributed by atoms with Crippen LogP contribution in [0.4, 0.5) is 5.95 Å². The monoisotopic (exact) mass is 362 g/mol. The van der Waals surface area contributed by atoms with Gasteiger partial charge in [0.15, 0.2) is 0 Å². The van der Waals surface area contributed by atoms with Gasteiger partial charge in [0.1, 0.15) is 0 Å². The fourth-order valence-electron chi connectivity index (χ4n) is 3.31. The maximum atomic E-state index is 11.0. The number of anilines is 1. The number of rotatable bonds is 4. The van der Waals surface area contributed by atoms with Crippen molar-refractivity contribution in [2.24, 2.45) is 0 Å². The molecule has 0 spiro atoms. The van der Waals surface area contributed by atoms with Crippen LogP contribution in [0.2, 0.25) is 0 Å². The molecule has 0 radical (unpaired) electrons. The van der Waals surface area contributed by atoms with Gasteiger partial charge < -0.3 is 15.2 Å². The molecule has 1 aliphatic rings. The van der Waals surface area contributed by atoms with Crippen LogP contribution in [0, 0.1) is 0 Å². The summed E-state index contributed by atoms with van der Waals surface area (Å²) in [5.41, 5.74) is 2.46. The minimum atomic E-state index is -0.347. The molecule has 1 fully saturated rings. The summed E-state index contributed by atoms with van der Waals surface area (Å²) in [5.74, 6) is 0.775. The van der Waals surface area contributed by atoms with Gasteiger partial charge in [-0.05, 0) is 43.6 Å². The Hall–Kier alpha value is -3.06. The van der Waals surface area contributed by atoms with Gasteiger partial charge in [0.05, 0.1) is 5.52 Å². The van der Waals surface area contributed by atoms with Crippen molar-refractivity contribution < 1.29 is 0 Å². The minimum absolute atomic E-state index is 0.347. The average Bonchev–Trinajstić information content (AvgIpc) is 2.73. The molecule has 0 saturated carbocycles. The third kappa shape index (κ3) is 4.03. The van der Waals surface area contributed by atoms with Gasteiger partial charge in [-0.25, -0.2) is 19.7 Å². The molecule has 1 saturated heterocycles. The molecule has 1 aromatic carbocycles. The Balaban J connectivity index is 1.54. The molecule has 0 atom stereocenters. The predicted molar refractivity (Wildman–Crippen MR) is 108 cm³/mol. The first-order valence-corrected chi connectivity index (χ1v) is 9.12. The van der Waals surface area contributed by atoms with Crippen LogP contribution in [-0.2, 0) is 0 Å². The van der Waals surface area contributed by atoms with Gasteiger partial charge >= 0.3 is 5.69 Å². The maximum absolute atomic E-state index is 11.0. The number of aromatic nitrogens is 4. The van der Waals surface area contributed by atoms with E-state index in [1.807, 2.05) is 30.5 Å². The summed E-state index contributed by atoms with van der Waals surface area (Å²) in [6, 6.07) is 6.58. The normalized spacial score (nSPS) is 15.4. The zero-order valence-corrected chi connectivity index (χ0v) is 15.2. The van der Waals surface area contributed by atoms with Crippen molar-refractivity contribution in [3.05, 3.63) is 58.4 Å². The molecular formula is C20H22N6O. The lowest BCUT2D eigenvalue weighted by molar-refractivity contribution is 0.440. The van der Waals surface area contributed by atoms with E-state index in [4.69, 9.17) is 4.98 Å². The van der Waals surface area contributed by atoms with Gasteiger partial charge in [0.2, 0.25) is 5.95 Å². The largest absolute Gasteiger partial charge is 0.344 e. The van der Waals surface area contributed by atoms with E-state index in [0.717, 1.165) is 53.9 Å². The second-order valence-corrected chi connectivity index (χ2v) is 6.77. The van der Waals surface area contributed by atoms with E-state index in [2.05, 4.69) is 38.3 Å². The van der Waals surface area contributed by atoms with Crippen molar-refractivity contribution in [1.82, 2.24) is 25.3 Å². The molecule has 4 rings (SSSR count). The number of aromatic amines is 1. The van der Waals surface area contributed by atoms with Crippen LogP contribution in [0.5, 0.6) is 0 Å². The molecule has 2 N–H and O–H groups in total. The number of hydrogen-bond donors (Lipinski definition) is 2. The standard InChI is InChI=1S/C20H22N6O/c1-26(17-6-8-21-9-7-17)19-22-13-16-10-14(4-5-18(16)25-19)2-3-15-11-23-20(27)24-12-15/h2-5,10-13,17,21H,6-9H2,1H3,(H,23,24,27)/b3-2+. The molecule has 2 aromatic heterocycles. The number of benzene rings is 1. The van der Waals surface area contributed by atoms with Gasteiger partial charge in [0.25, 0.3) is 0 Å². The fourth-order valence-corrected chi connectivity index (χ4v) is 3.31. The number of nitrogens with zero attached hydrogens (tertiary/aromatic N) is 4.